The minimum atomic E-state index is -3.86. The summed E-state index contributed by atoms with van der Waals surface area (Å²) >= 11 is 5.98. The summed E-state index contributed by atoms with van der Waals surface area (Å²) in [7, 11) is -2.30. The zero-order valence-corrected chi connectivity index (χ0v) is 12.2. The lowest BCUT2D eigenvalue weighted by Crippen LogP contribution is -2.43. The minimum Gasteiger partial charge on any atom is -0.368 e. The maximum absolute atomic E-state index is 12.6. The number of halogens is 1. The molecule has 9 heteroatoms. The van der Waals surface area contributed by atoms with Crippen LogP contribution in [0.5, 0.6) is 0 Å². The number of nitrogens with two attached hydrogens (primary N) is 1. The first-order chi connectivity index (χ1) is 8.76. The van der Waals surface area contributed by atoms with Gasteiger partial charge in [0.05, 0.1) is 5.69 Å². The van der Waals surface area contributed by atoms with Gasteiger partial charge in [0.2, 0.25) is 15.9 Å². The van der Waals surface area contributed by atoms with Crippen molar-refractivity contribution in [3.63, 3.8) is 0 Å². The molecule has 0 aromatic carbocycles. The number of amides is 1. The summed E-state index contributed by atoms with van der Waals surface area (Å²) in [5, 5.41) is 4.02. The molecule has 1 aromatic rings. The largest absolute Gasteiger partial charge is 0.368 e. The Hall–Kier alpha value is -1.12. The monoisotopic (exact) mass is 306 g/mol. The lowest BCUT2D eigenvalue weighted by atomic mass is 10.2. The summed E-state index contributed by atoms with van der Waals surface area (Å²) in [5.74, 6) is -0.640. The van der Waals surface area contributed by atoms with E-state index in [9.17, 15) is 13.2 Å². The second-order valence-electron chi connectivity index (χ2n) is 4.51. The Morgan fingerprint density at radius 3 is 2.63 bits per heavy atom. The standard InChI is InChI=1S/C10H15ClN4O3S/c1-6-8(9(11)14(2)13-6)19(17,18)15-5-3-4-7(15)10(12)16/h7H,3-5H2,1-2H3,(H2,12,16)/t7-/m0/s1. The lowest BCUT2D eigenvalue weighted by molar-refractivity contribution is -0.121. The molecule has 1 fully saturated rings. The van der Waals surface area contributed by atoms with Gasteiger partial charge in [-0.3, -0.25) is 9.48 Å². The molecule has 0 bridgehead atoms. The first-order valence-corrected chi connectivity index (χ1v) is 7.59. The van der Waals surface area contributed by atoms with Crippen molar-refractivity contribution in [1.82, 2.24) is 14.1 Å². The average molecular weight is 307 g/mol. The van der Waals surface area contributed by atoms with Crippen molar-refractivity contribution in [3.8, 4) is 0 Å². The molecule has 19 heavy (non-hydrogen) atoms. The van der Waals surface area contributed by atoms with Crippen LogP contribution in [-0.2, 0) is 21.9 Å². The number of aryl methyl sites for hydroxylation is 2. The zero-order chi connectivity index (χ0) is 14.4. The van der Waals surface area contributed by atoms with Crippen LogP contribution in [0.2, 0.25) is 5.15 Å². The predicted octanol–water partition coefficient (Wildman–Crippen LogP) is 0.0203. The smallest absolute Gasteiger partial charge is 0.248 e. The molecule has 1 amide bonds. The summed E-state index contributed by atoms with van der Waals surface area (Å²) < 4.78 is 27.6. The molecule has 7 nitrogen and oxygen atoms in total. The summed E-state index contributed by atoms with van der Waals surface area (Å²) in [4.78, 5) is 11.3. The van der Waals surface area contributed by atoms with Crippen molar-refractivity contribution in [2.24, 2.45) is 12.8 Å². The van der Waals surface area contributed by atoms with Crippen LogP contribution in [0, 0.1) is 6.92 Å². The zero-order valence-electron chi connectivity index (χ0n) is 10.6. The fraction of sp³-hybridized carbons (Fsp3) is 0.600. The first-order valence-electron chi connectivity index (χ1n) is 5.77. The van der Waals surface area contributed by atoms with Gasteiger partial charge in [-0.1, -0.05) is 11.6 Å². The van der Waals surface area contributed by atoms with E-state index in [4.69, 9.17) is 17.3 Å². The highest BCUT2D eigenvalue weighted by Gasteiger charge is 2.41. The van der Waals surface area contributed by atoms with Crippen molar-refractivity contribution in [3.05, 3.63) is 10.8 Å². The minimum absolute atomic E-state index is 0.0348. The van der Waals surface area contributed by atoms with Crippen molar-refractivity contribution < 1.29 is 13.2 Å². The van der Waals surface area contributed by atoms with E-state index in [1.807, 2.05) is 0 Å². The molecule has 1 saturated heterocycles. The molecule has 1 aliphatic heterocycles. The number of carbonyl (C=O) groups is 1. The van der Waals surface area contributed by atoms with Crippen molar-refractivity contribution in [2.45, 2.75) is 30.7 Å². The topological polar surface area (TPSA) is 98.3 Å². The van der Waals surface area contributed by atoms with E-state index in [1.54, 1.807) is 14.0 Å². The molecule has 2 rings (SSSR count). The Kier molecular flexibility index (Phi) is 3.59. The third-order valence-electron chi connectivity index (χ3n) is 3.20. The Morgan fingerprint density at radius 1 is 1.53 bits per heavy atom. The van der Waals surface area contributed by atoms with E-state index < -0.39 is 22.0 Å². The van der Waals surface area contributed by atoms with E-state index in [0.717, 1.165) is 4.31 Å². The number of hydrogen-bond donors (Lipinski definition) is 1. The molecular weight excluding hydrogens is 292 g/mol. The maximum atomic E-state index is 12.6. The van der Waals surface area contributed by atoms with Crippen molar-refractivity contribution in [2.75, 3.05) is 6.54 Å². The average Bonchev–Trinajstić information content (AvgIpc) is 2.85. The molecule has 0 saturated carbocycles. The molecule has 0 aliphatic carbocycles. The normalized spacial score (nSPS) is 20.9. The van der Waals surface area contributed by atoms with Crippen LogP contribution in [0.25, 0.3) is 0 Å². The van der Waals surface area contributed by atoms with Gasteiger partial charge in [-0.05, 0) is 19.8 Å². The third kappa shape index (κ3) is 2.24. The van der Waals surface area contributed by atoms with E-state index in [1.165, 1.54) is 4.68 Å². The Morgan fingerprint density at radius 2 is 2.16 bits per heavy atom. The fourth-order valence-electron chi connectivity index (χ4n) is 2.33. The second-order valence-corrected chi connectivity index (χ2v) is 6.69. The molecule has 0 radical (unpaired) electrons. The molecular formula is C10H15ClN4O3S. The van der Waals surface area contributed by atoms with Gasteiger partial charge in [-0.2, -0.15) is 9.40 Å². The summed E-state index contributed by atoms with van der Waals surface area (Å²) in [6.07, 6.45) is 1.04. The molecule has 1 aliphatic rings. The number of carbonyl (C=O) groups excluding carboxylic acids is 1. The molecule has 2 N–H and O–H groups in total. The van der Waals surface area contributed by atoms with Gasteiger partial charge in [-0.15, -0.1) is 0 Å². The van der Waals surface area contributed by atoms with Crippen LogP contribution >= 0.6 is 11.6 Å². The quantitative estimate of drug-likeness (QED) is 0.851. The Labute approximate surface area is 116 Å². The number of rotatable bonds is 3. The molecule has 0 spiro atoms. The van der Waals surface area contributed by atoms with E-state index in [2.05, 4.69) is 5.10 Å². The molecule has 1 atom stereocenters. The fourth-order valence-corrected chi connectivity index (χ4v) is 4.71. The van der Waals surface area contributed by atoms with Crippen LogP contribution < -0.4 is 5.73 Å². The molecule has 0 unspecified atom stereocenters. The van der Waals surface area contributed by atoms with Crippen molar-refractivity contribution >= 4 is 27.5 Å². The summed E-state index contributed by atoms with van der Waals surface area (Å²) in [6, 6.07) is -0.805. The van der Waals surface area contributed by atoms with E-state index >= 15 is 0 Å². The highest BCUT2D eigenvalue weighted by atomic mass is 35.5. The van der Waals surface area contributed by atoms with Gasteiger partial charge in [0, 0.05) is 13.6 Å². The number of hydrogen-bond acceptors (Lipinski definition) is 4. The van der Waals surface area contributed by atoms with E-state index in [-0.39, 0.29) is 16.6 Å². The highest BCUT2D eigenvalue weighted by molar-refractivity contribution is 7.89. The number of sulfonamides is 1. The summed E-state index contributed by atoms with van der Waals surface area (Å²) in [6.45, 7) is 1.83. The van der Waals surface area contributed by atoms with Crippen LogP contribution in [0.1, 0.15) is 18.5 Å². The highest BCUT2D eigenvalue weighted by Crippen LogP contribution is 2.31. The first kappa shape index (κ1) is 14.3. The third-order valence-corrected chi connectivity index (χ3v) is 5.80. The lowest BCUT2D eigenvalue weighted by Gasteiger charge is -2.21. The van der Waals surface area contributed by atoms with Gasteiger partial charge in [0.1, 0.15) is 16.1 Å². The van der Waals surface area contributed by atoms with Crippen molar-refractivity contribution in [1.29, 1.82) is 0 Å². The van der Waals surface area contributed by atoms with Gasteiger partial charge in [0.25, 0.3) is 0 Å². The number of nitrogens with zero attached hydrogens (tertiary/aromatic N) is 3. The number of aromatic nitrogens is 2. The van der Waals surface area contributed by atoms with Crippen LogP contribution in [0.3, 0.4) is 0 Å². The van der Waals surface area contributed by atoms with Crippen LogP contribution in [-0.4, -0.2) is 41.0 Å². The second kappa shape index (κ2) is 4.77. The van der Waals surface area contributed by atoms with E-state index in [0.29, 0.717) is 18.5 Å². The summed E-state index contributed by atoms with van der Waals surface area (Å²) in [5.41, 5.74) is 5.55. The Balaban J connectivity index is 2.51. The van der Waals surface area contributed by atoms with Gasteiger partial charge >= 0.3 is 0 Å². The van der Waals surface area contributed by atoms with Gasteiger partial charge in [0.15, 0.2) is 0 Å². The van der Waals surface area contributed by atoms with Crippen LogP contribution in [0.15, 0.2) is 4.90 Å². The van der Waals surface area contributed by atoms with Gasteiger partial charge < -0.3 is 5.73 Å². The SMILES string of the molecule is Cc1nn(C)c(Cl)c1S(=O)(=O)N1CCC[C@H]1C(N)=O. The maximum Gasteiger partial charge on any atom is 0.248 e. The predicted molar refractivity (Wildman–Crippen MR) is 69.1 cm³/mol. The van der Waals surface area contributed by atoms with Crippen LogP contribution in [0.4, 0.5) is 0 Å². The molecule has 1 aromatic heterocycles. The number of primary amides is 1. The Bertz CT molecular complexity index is 625. The molecule has 106 valence electrons. The van der Waals surface area contributed by atoms with Gasteiger partial charge in [-0.25, -0.2) is 8.42 Å². The molecule has 2 heterocycles.